The number of thiazole rings is 1. The number of hydrogen-bond acceptors (Lipinski definition) is 6. The number of benzene rings is 2. The molecule has 2 aromatic carbocycles. The van der Waals surface area contributed by atoms with E-state index in [2.05, 4.69) is 15.0 Å². The molecule has 2 aromatic heterocycles. The van der Waals surface area contributed by atoms with Gasteiger partial charge in [-0.05, 0) is 48.5 Å². The lowest BCUT2D eigenvalue weighted by atomic mass is 10.2. The van der Waals surface area contributed by atoms with Gasteiger partial charge >= 0.3 is 0 Å². The molecule has 0 aliphatic rings. The molecule has 9 heteroatoms. The second-order valence-electron chi connectivity index (χ2n) is 6.51. The molecular formula is C21H19N3O4S2. The van der Waals surface area contributed by atoms with Gasteiger partial charge in [0.25, 0.3) is 5.91 Å². The van der Waals surface area contributed by atoms with Gasteiger partial charge in [0.1, 0.15) is 5.76 Å². The Morgan fingerprint density at radius 2 is 1.83 bits per heavy atom. The number of aromatic nitrogens is 1. The summed E-state index contributed by atoms with van der Waals surface area (Å²) in [4.78, 5) is 17.0. The highest BCUT2D eigenvalue weighted by atomic mass is 32.2. The number of hydrogen-bond donors (Lipinski definition) is 2. The molecule has 0 unspecified atom stereocenters. The van der Waals surface area contributed by atoms with Crippen molar-refractivity contribution in [2.45, 2.75) is 17.9 Å². The van der Waals surface area contributed by atoms with Crippen LogP contribution in [-0.4, -0.2) is 25.9 Å². The lowest BCUT2D eigenvalue weighted by molar-refractivity contribution is 0.0954. The Hall–Kier alpha value is -3.01. The number of amides is 1. The quantitative estimate of drug-likeness (QED) is 0.437. The minimum atomic E-state index is -3.69. The van der Waals surface area contributed by atoms with E-state index < -0.39 is 10.0 Å². The van der Waals surface area contributed by atoms with Crippen LogP contribution >= 0.6 is 11.3 Å². The highest BCUT2D eigenvalue weighted by molar-refractivity contribution is 7.89. The molecule has 2 N–H and O–H groups in total. The maximum absolute atomic E-state index is 12.4. The fourth-order valence-electron chi connectivity index (χ4n) is 2.86. The Bertz CT molecular complexity index is 1210. The Morgan fingerprint density at radius 1 is 1.03 bits per heavy atom. The molecule has 0 atom stereocenters. The predicted molar refractivity (Wildman–Crippen MR) is 115 cm³/mol. The van der Waals surface area contributed by atoms with Gasteiger partial charge in [0.2, 0.25) is 10.0 Å². The summed E-state index contributed by atoms with van der Waals surface area (Å²) in [6.07, 6.45) is 2.11. The van der Waals surface area contributed by atoms with Crippen molar-refractivity contribution in [2.75, 3.05) is 6.54 Å². The van der Waals surface area contributed by atoms with Gasteiger partial charge in [-0.2, -0.15) is 0 Å². The van der Waals surface area contributed by atoms with Crippen molar-refractivity contribution in [3.63, 3.8) is 0 Å². The zero-order chi connectivity index (χ0) is 21.0. The maximum atomic E-state index is 12.4. The fourth-order valence-corrected chi connectivity index (χ4v) is 4.82. The highest BCUT2D eigenvalue weighted by Gasteiger charge is 2.15. The SMILES string of the molecule is O=C(NCCc1nc2ccccc2s1)c1ccc(S(=O)(=O)NCc2ccco2)cc1. The summed E-state index contributed by atoms with van der Waals surface area (Å²) in [7, 11) is -3.69. The van der Waals surface area contributed by atoms with Crippen LogP contribution in [0.5, 0.6) is 0 Å². The summed E-state index contributed by atoms with van der Waals surface area (Å²) in [5, 5.41) is 3.80. The van der Waals surface area contributed by atoms with Gasteiger partial charge in [-0.1, -0.05) is 12.1 Å². The lowest BCUT2D eigenvalue weighted by Crippen LogP contribution is -2.26. The summed E-state index contributed by atoms with van der Waals surface area (Å²) < 4.78 is 33.4. The normalized spacial score (nSPS) is 11.6. The number of carbonyl (C=O) groups is 1. The number of nitrogens with zero attached hydrogens (tertiary/aromatic N) is 1. The van der Waals surface area contributed by atoms with Crippen molar-refractivity contribution in [1.82, 2.24) is 15.0 Å². The number of carbonyl (C=O) groups excluding carboxylic acids is 1. The average molecular weight is 442 g/mol. The molecule has 4 aromatic rings. The molecule has 0 fully saturated rings. The maximum Gasteiger partial charge on any atom is 0.251 e. The second kappa shape index (κ2) is 8.78. The average Bonchev–Trinajstić information content (AvgIpc) is 3.42. The molecule has 2 heterocycles. The molecule has 0 aliphatic heterocycles. The van der Waals surface area contributed by atoms with E-state index in [0.29, 0.717) is 24.3 Å². The topological polar surface area (TPSA) is 101 Å². The standard InChI is InChI=1S/C21H19N3O4S2/c25-21(22-12-11-20-24-18-5-1-2-6-19(18)29-20)15-7-9-17(10-8-15)30(26,27)23-14-16-4-3-13-28-16/h1-10,13,23H,11-12,14H2,(H,22,25). The predicted octanol–water partition coefficient (Wildman–Crippen LogP) is 3.34. The zero-order valence-electron chi connectivity index (χ0n) is 15.9. The van der Waals surface area contributed by atoms with Gasteiger partial charge in [-0.3, -0.25) is 4.79 Å². The summed E-state index contributed by atoms with van der Waals surface area (Å²) in [6.45, 7) is 0.507. The molecule has 7 nitrogen and oxygen atoms in total. The van der Waals surface area contributed by atoms with Gasteiger partial charge in [-0.25, -0.2) is 18.1 Å². The summed E-state index contributed by atoms with van der Waals surface area (Å²) in [5.74, 6) is 0.256. The fraction of sp³-hybridized carbons (Fsp3) is 0.143. The first-order chi connectivity index (χ1) is 14.5. The van der Waals surface area contributed by atoms with Crippen molar-refractivity contribution < 1.29 is 17.6 Å². The van der Waals surface area contributed by atoms with E-state index in [1.807, 2.05) is 24.3 Å². The number of rotatable bonds is 8. The van der Waals surface area contributed by atoms with E-state index in [0.717, 1.165) is 15.2 Å². The van der Waals surface area contributed by atoms with Gasteiger partial charge in [0, 0.05) is 18.5 Å². The molecule has 4 rings (SSSR count). The Morgan fingerprint density at radius 3 is 2.57 bits per heavy atom. The third-order valence-electron chi connectivity index (χ3n) is 4.41. The Balaban J connectivity index is 1.32. The lowest BCUT2D eigenvalue weighted by Gasteiger charge is -2.07. The van der Waals surface area contributed by atoms with E-state index in [-0.39, 0.29) is 17.3 Å². The molecule has 0 radical (unpaired) electrons. The molecule has 154 valence electrons. The van der Waals surface area contributed by atoms with Crippen LogP contribution in [0.3, 0.4) is 0 Å². The summed E-state index contributed by atoms with van der Waals surface area (Å²) in [6, 6.07) is 17.1. The molecule has 0 saturated heterocycles. The van der Waals surface area contributed by atoms with Crippen molar-refractivity contribution >= 4 is 37.5 Å². The van der Waals surface area contributed by atoms with Crippen LogP contribution in [0, 0.1) is 0 Å². The van der Waals surface area contributed by atoms with Crippen LogP contribution in [0.1, 0.15) is 21.1 Å². The summed E-state index contributed by atoms with van der Waals surface area (Å²) >= 11 is 1.61. The van der Waals surface area contributed by atoms with E-state index in [1.54, 1.807) is 23.5 Å². The van der Waals surface area contributed by atoms with Crippen LogP contribution < -0.4 is 10.0 Å². The third kappa shape index (κ3) is 4.76. The number of nitrogens with one attached hydrogen (secondary N) is 2. The van der Waals surface area contributed by atoms with E-state index >= 15 is 0 Å². The van der Waals surface area contributed by atoms with Crippen LogP contribution in [0.25, 0.3) is 10.2 Å². The molecule has 30 heavy (non-hydrogen) atoms. The second-order valence-corrected chi connectivity index (χ2v) is 9.39. The summed E-state index contributed by atoms with van der Waals surface area (Å²) in [5.41, 5.74) is 1.35. The first-order valence-electron chi connectivity index (χ1n) is 9.26. The minimum Gasteiger partial charge on any atom is -0.468 e. The minimum absolute atomic E-state index is 0.0589. The third-order valence-corrected chi connectivity index (χ3v) is 6.92. The van der Waals surface area contributed by atoms with Gasteiger partial charge in [0.15, 0.2) is 0 Å². The van der Waals surface area contributed by atoms with E-state index in [1.165, 1.54) is 30.5 Å². The number of furan rings is 1. The molecule has 0 saturated carbocycles. The van der Waals surface area contributed by atoms with E-state index in [9.17, 15) is 13.2 Å². The van der Waals surface area contributed by atoms with E-state index in [4.69, 9.17) is 4.42 Å². The van der Waals surface area contributed by atoms with Crippen LogP contribution in [0.4, 0.5) is 0 Å². The first kappa shape index (κ1) is 20.3. The first-order valence-corrected chi connectivity index (χ1v) is 11.6. The Labute approximate surface area is 177 Å². The molecule has 0 spiro atoms. The van der Waals surface area contributed by atoms with Crippen molar-refractivity contribution in [2.24, 2.45) is 0 Å². The van der Waals surface area contributed by atoms with Gasteiger partial charge in [0.05, 0.1) is 32.9 Å². The van der Waals surface area contributed by atoms with Crippen LogP contribution in [-0.2, 0) is 23.0 Å². The molecule has 0 aliphatic carbocycles. The van der Waals surface area contributed by atoms with Gasteiger partial charge < -0.3 is 9.73 Å². The smallest absolute Gasteiger partial charge is 0.251 e. The van der Waals surface area contributed by atoms with Crippen LogP contribution in [0.2, 0.25) is 0 Å². The number of sulfonamides is 1. The van der Waals surface area contributed by atoms with Crippen LogP contribution in [0.15, 0.2) is 76.2 Å². The van der Waals surface area contributed by atoms with Gasteiger partial charge in [-0.15, -0.1) is 11.3 Å². The highest BCUT2D eigenvalue weighted by Crippen LogP contribution is 2.21. The molecular weight excluding hydrogens is 422 g/mol. The monoisotopic (exact) mass is 441 g/mol. The molecule has 0 bridgehead atoms. The van der Waals surface area contributed by atoms with Crippen molar-refractivity contribution in [3.05, 3.63) is 83.3 Å². The molecule has 1 amide bonds. The largest absolute Gasteiger partial charge is 0.468 e. The number of para-hydroxylation sites is 1. The Kier molecular flexibility index (Phi) is 5.93. The zero-order valence-corrected chi connectivity index (χ0v) is 17.5. The number of fused-ring (bicyclic) bond motifs is 1. The van der Waals surface area contributed by atoms with Crippen molar-refractivity contribution in [1.29, 1.82) is 0 Å². The van der Waals surface area contributed by atoms with Crippen molar-refractivity contribution in [3.8, 4) is 0 Å².